The third kappa shape index (κ3) is 3.61. The third-order valence-electron chi connectivity index (χ3n) is 5.35. The zero-order valence-electron chi connectivity index (χ0n) is 16.7. The Morgan fingerprint density at radius 3 is 2.50 bits per heavy atom. The molecule has 30 heavy (non-hydrogen) atoms. The van der Waals surface area contributed by atoms with Crippen LogP contribution in [0.5, 0.6) is 0 Å². The third-order valence-corrected chi connectivity index (χ3v) is 6.31. The molecule has 1 aromatic carbocycles. The number of anilines is 3. The van der Waals surface area contributed by atoms with Gasteiger partial charge in [-0.1, -0.05) is 18.2 Å². The summed E-state index contributed by atoms with van der Waals surface area (Å²) in [6.07, 6.45) is 3.48. The molecule has 8 heteroatoms. The first kappa shape index (κ1) is 18.6. The Balaban J connectivity index is 1.21. The van der Waals surface area contributed by atoms with E-state index in [0.29, 0.717) is 11.4 Å². The van der Waals surface area contributed by atoms with Gasteiger partial charge in [0, 0.05) is 49.1 Å². The van der Waals surface area contributed by atoms with Gasteiger partial charge in [-0.15, -0.1) is 11.3 Å². The summed E-state index contributed by atoms with van der Waals surface area (Å²) < 4.78 is 1.93. The van der Waals surface area contributed by atoms with Gasteiger partial charge in [0.25, 0.3) is 5.91 Å². The minimum absolute atomic E-state index is 0.226. The predicted octanol–water partition coefficient (Wildman–Crippen LogP) is 3.68. The van der Waals surface area contributed by atoms with E-state index in [1.165, 1.54) is 17.0 Å². The molecule has 1 saturated heterocycles. The average Bonchev–Trinajstić information content (AvgIpc) is 3.37. The van der Waals surface area contributed by atoms with E-state index in [4.69, 9.17) is 0 Å². The number of thiazole rings is 1. The normalized spacial score (nSPS) is 14.3. The summed E-state index contributed by atoms with van der Waals surface area (Å²) >= 11 is 1.53. The van der Waals surface area contributed by atoms with Crippen molar-refractivity contribution in [3.63, 3.8) is 0 Å². The second kappa shape index (κ2) is 7.79. The smallest absolute Gasteiger partial charge is 0.275 e. The first-order valence-corrected chi connectivity index (χ1v) is 10.8. The zero-order chi connectivity index (χ0) is 20.5. The van der Waals surface area contributed by atoms with Gasteiger partial charge in [-0.05, 0) is 31.2 Å². The highest BCUT2D eigenvalue weighted by atomic mass is 32.1. The Labute approximate surface area is 178 Å². The maximum atomic E-state index is 12.5. The van der Waals surface area contributed by atoms with Crippen LogP contribution in [-0.4, -0.2) is 46.5 Å². The number of fused-ring (bicyclic) bond motifs is 1. The number of aromatic nitrogens is 3. The Bertz CT molecular complexity index is 1160. The lowest BCUT2D eigenvalue weighted by molar-refractivity contribution is 0.102. The number of nitrogens with zero attached hydrogens (tertiary/aromatic N) is 5. The minimum atomic E-state index is -0.226. The van der Waals surface area contributed by atoms with Crippen molar-refractivity contribution in [2.75, 3.05) is 41.3 Å². The fraction of sp³-hybridized carbons (Fsp3) is 0.227. The Hall–Kier alpha value is -3.39. The van der Waals surface area contributed by atoms with Gasteiger partial charge >= 0.3 is 0 Å². The van der Waals surface area contributed by atoms with Crippen LogP contribution in [0.25, 0.3) is 4.96 Å². The molecule has 7 nitrogen and oxygen atoms in total. The molecule has 1 N–H and O–H groups in total. The maximum Gasteiger partial charge on any atom is 0.275 e. The minimum Gasteiger partial charge on any atom is -0.368 e. The number of amides is 1. The van der Waals surface area contributed by atoms with Crippen molar-refractivity contribution in [2.24, 2.45) is 0 Å². The molecule has 3 aromatic heterocycles. The molecule has 4 aromatic rings. The molecule has 0 bridgehead atoms. The van der Waals surface area contributed by atoms with Crippen LogP contribution in [0.4, 0.5) is 17.2 Å². The SMILES string of the molecule is Cc1csc2nc(C(=O)Nc3ccc(N4CCN(c5ccccc5)CC4)nc3)cn12. The van der Waals surface area contributed by atoms with Gasteiger partial charge in [-0.3, -0.25) is 9.20 Å². The van der Waals surface area contributed by atoms with Crippen molar-refractivity contribution in [3.8, 4) is 0 Å². The fourth-order valence-corrected chi connectivity index (χ4v) is 4.53. The number of piperazine rings is 1. The Morgan fingerprint density at radius 1 is 1.03 bits per heavy atom. The summed E-state index contributed by atoms with van der Waals surface area (Å²) in [6, 6.07) is 14.3. The van der Waals surface area contributed by atoms with Gasteiger partial charge in [-0.25, -0.2) is 9.97 Å². The van der Waals surface area contributed by atoms with Crippen molar-refractivity contribution in [1.82, 2.24) is 14.4 Å². The number of hydrogen-bond acceptors (Lipinski definition) is 6. The van der Waals surface area contributed by atoms with Gasteiger partial charge in [0.1, 0.15) is 11.5 Å². The second-order valence-electron chi connectivity index (χ2n) is 7.32. The summed E-state index contributed by atoms with van der Waals surface area (Å²) in [4.78, 5) is 27.0. The van der Waals surface area contributed by atoms with Crippen molar-refractivity contribution in [3.05, 3.63) is 71.6 Å². The molecule has 0 radical (unpaired) electrons. The lowest BCUT2D eigenvalue weighted by atomic mass is 10.2. The van der Waals surface area contributed by atoms with Crippen LogP contribution in [0.3, 0.4) is 0 Å². The zero-order valence-corrected chi connectivity index (χ0v) is 17.5. The van der Waals surface area contributed by atoms with Crippen molar-refractivity contribution >= 4 is 39.4 Å². The number of rotatable bonds is 4. The number of aryl methyl sites for hydroxylation is 1. The molecule has 152 valence electrons. The summed E-state index contributed by atoms with van der Waals surface area (Å²) in [6.45, 7) is 5.74. The Morgan fingerprint density at radius 2 is 1.80 bits per heavy atom. The van der Waals surface area contributed by atoms with E-state index in [1.54, 1.807) is 12.4 Å². The van der Waals surface area contributed by atoms with Crippen LogP contribution in [0, 0.1) is 6.92 Å². The number of carbonyl (C=O) groups is 1. The van der Waals surface area contributed by atoms with Crippen molar-refractivity contribution in [1.29, 1.82) is 0 Å². The van der Waals surface area contributed by atoms with Crippen LogP contribution >= 0.6 is 11.3 Å². The highest BCUT2D eigenvalue weighted by Gasteiger charge is 2.18. The molecule has 4 heterocycles. The summed E-state index contributed by atoms with van der Waals surface area (Å²) in [5.74, 6) is 0.704. The van der Waals surface area contributed by atoms with Crippen LogP contribution in [0.2, 0.25) is 0 Å². The van der Waals surface area contributed by atoms with E-state index in [1.807, 2.05) is 34.9 Å². The monoisotopic (exact) mass is 418 g/mol. The highest BCUT2D eigenvalue weighted by Crippen LogP contribution is 2.21. The molecule has 1 amide bonds. The topological polar surface area (TPSA) is 65.8 Å². The molecule has 1 aliphatic heterocycles. The van der Waals surface area contributed by atoms with Gasteiger partial charge in [0.2, 0.25) is 0 Å². The first-order valence-electron chi connectivity index (χ1n) is 9.93. The average molecular weight is 419 g/mol. The van der Waals surface area contributed by atoms with E-state index in [-0.39, 0.29) is 5.91 Å². The largest absolute Gasteiger partial charge is 0.368 e. The number of pyridine rings is 1. The van der Waals surface area contributed by atoms with Crippen LogP contribution in [0.15, 0.2) is 60.2 Å². The standard InChI is InChI=1S/C22H22N6OS/c1-16-15-30-22-25-19(14-28(16)22)21(29)24-17-7-8-20(23-13-17)27-11-9-26(10-12-27)18-5-3-2-4-6-18/h2-8,13-15H,9-12H2,1H3,(H,24,29). The van der Waals surface area contributed by atoms with Gasteiger partial charge in [0.15, 0.2) is 4.96 Å². The Kier molecular flexibility index (Phi) is 4.84. The van der Waals surface area contributed by atoms with E-state index >= 15 is 0 Å². The molecule has 0 atom stereocenters. The number of benzene rings is 1. The summed E-state index contributed by atoms with van der Waals surface area (Å²) in [5.41, 5.74) is 3.41. The van der Waals surface area contributed by atoms with E-state index in [0.717, 1.165) is 42.7 Å². The molecule has 5 rings (SSSR count). The lowest BCUT2D eigenvalue weighted by Gasteiger charge is -2.36. The number of imidazole rings is 1. The molecule has 1 aliphatic rings. The van der Waals surface area contributed by atoms with Gasteiger partial charge in [0.05, 0.1) is 11.9 Å². The van der Waals surface area contributed by atoms with Gasteiger partial charge < -0.3 is 15.1 Å². The van der Waals surface area contributed by atoms with Gasteiger partial charge in [-0.2, -0.15) is 0 Å². The van der Waals surface area contributed by atoms with E-state index < -0.39 is 0 Å². The van der Waals surface area contributed by atoms with Crippen molar-refractivity contribution in [2.45, 2.75) is 6.92 Å². The molecule has 0 saturated carbocycles. The number of para-hydroxylation sites is 1. The first-order chi connectivity index (χ1) is 14.7. The predicted molar refractivity (Wildman–Crippen MR) is 121 cm³/mol. The van der Waals surface area contributed by atoms with E-state index in [2.05, 4.69) is 49.4 Å². The highest BCUT2D eigenvalue weighted by molar-refractivity contribution is 7.15. The summed E-state index contributed by atoms with van der Waals surface area (Å²) in [7, 11) is 0. The summed E-state index contributed by atoms with van der Waals surface area (Å²) in [5, 5.41) is 4.91. The molecular formula is C22H22N6OS. The second-order valence-corrected chi connectivity index (χ2v) is 8.16. The maximum absolute atomic E-state index is 12.5. The quantitative estimate of drug-likeness (QED) is 0.548. The van der Waals surface area contributed by atoms with Crippen LogP contribution < -0.4 is 15.1 Å². The molecule has 0 unspecified atom stereocenters. The van der Waals surface area contributed by atoms with E-state index in [9.17, 15) is 4.79 Å². The fourth-order valence-electron chi connectivity index (χ4n) is 3.68. The molecule has 0 aliphatic carbocycles. The van der Waals surface area contributed by atoms with Crippen molar-refractivity contribution < 1.29 is 4.79 Å². The molecule has 1 fully saturated rings. The van der Waals surface area contributed by atoms with Crippen LogP contribution in [0.1, 0.15) is 16.2 Å². The molecule has 0 spiro atoms. The number of nitrogens with one attached hydrogen (secondary N) is 1. The number of carbonyl (C=O) groups excluding carboxylic acids is 1. The molecular weight excluding hydrogens is 396 g/mol. The number of hydrogen-bond donors (Lipinski definition) is 1. The lowest BCUT2D eigenvalue weighted by Crippen LogP contribution is -2.46. The van der Waals surface area contributed by atoms with Crippen LogP contribution in [-0.2, 0) is 0 Å².